The maximum absolute atomic E-state index is 8.64. The molecule has 0 bridgehead atoms. The van der Waals surface area contributed by atoms with Gasteiger partial charge < -0.3 is 9.59 Å². The minimum Gasteiger partial charge on any atom is -0.412 e. The van der Waals surface area contributed by atoms with Crippen LogP contribution in [0.15, 0.2) is 0 Å². The van der Waals surface area contributed by atoms with Crippen LogP contribution in [0.5, 0.6) is 0 Å². The highest BCUT2D eigenvalue weighted by molar-refractivity contribution is 8.69. The number of hydrogen-bond donors (Lipinski definition) is 3. The first-order valence-corrected chi connectivity index (χ1v) is 6.01. The number of rotatable bonds is 3. The Hall–Kier alpha value is 0.837. The molecular weight excluding hydrogens is 160 g/mol. The van der Waals surface area contributed by atoms with Crippen LogP contribution in [0.4, 0.5) is 0 Å². The van der Waals surface area contributed by atoms with Gasteiger partial charge in [0, 0.05) is 0 Å². The van der Waals surface area contributed by atoms with E-state index in [1.54, 1.807) is 0 Å². The van der Waals surface area contributed by atoms with Crippen LogP contribution in [0.2, 0.25) is 0 Å². The van der Waals surface area contributed by atoms with E-state index in [9.17, 15) is 0 Å². The molecule has 0 saturated heterocycles. The molecule has 8 heavy (non-hydrogen) atoms. The molecule has 5 heteroatoms. The Balaban J connectivity index is 3.35. The summed E-state index contributed by atoms with van der Waals surface area (Å²) < 4.78 is 0. The summed E-state index contributed by atoms with van der Waals surface area (Å²) in [5, 5.41) is 0. The zero-order valence-corrected chi connectivity index (χ0v) is 7.48. The first-order valence-electron chi connectivity index (χ1n) is 2.38. The van der Waals surface area contributed by atoms with Crippen LogP contribution in [0, 0.1) is 0 Å². The van der Waals surface area contributed by atoms with Gasteiger partial charge in [-0.15, -0.1) is 11.7 Å². The maximum atomic E-state index is 8.64. The molecule has 0 saturated carbocycles. The molecule has 0 heterocycles. The van der Waals surface area contributed by atoms with Crippen LogP contribution in [0.1, 0.15) is 13.3 Å². The third kappa shape index (κ3) is 2.98. The van der Waals surface area contributed by atoms with Gasteiger partial charge in [-0.3, -0.25) is 0 Å². The Morgan fingerprint density at radius 1 is 1.75 bits per heavy atom. The van der Waals surface area contributed by atoms with Crippen molar-refractivity contribution in [3.63, 3.8) is 0 Å². The van der Waals surface area contributed by atoms with Crippen molar-refractivity contribution < 1.29 is 9.59 Å². The van der Waals surface area contributed by atoms with Crippen molar-refractivity contribution in [2.24, 2.45) is 0 Å². The normalized spacial score (nSPS) is 14.6. The maximum Gasteiger partial charge on any atom is 0.330 e. The molecule has 0 radical (unpaired) electrons. The molecule has 0 aromatic heterocycles. The van der Waals surface area contributed by atoms with E-state index < -0.39 is 9.28 Å². The molecule has 2 N–H and O–H groups in total. The summed E-state index contributed by atoms with van der Waals surface area (Å²) in [4.78, 5) is 17.3. The van der Waals surface area contributed by atoms with Gasteiger partial charge in [0.25, 0.3) is 0 Å². The summed E-state index contributed by atoms with van der Waals surface area (Å²) in [5.41, 5.74) is 0. The summed E-state index contributed by atoms with van der Waals surface area (Å²) in [6, 6.07) is 0. The van der Waals surface area contributed by atoms with Crippen molar-refractivity contribution in [1.82, 2.24) is 0 Å². The second kappa shape index (κ2) is 4.69. The molecule has 0 aliphatic rings. The van der Waals surface area contributed by atoms with Crippen LogP contribution in [0.3, 0.4) is 0 Å². The first kappa shape index (κ1) is 8.84. The summed E-state index contributed by atoms with van der Waals surface area (Å²) in [6.07, 6.45) is 0.790. The molecule has 50 valence electrons. The van der Waals surface area contributed by atoms with Gasteiger partial charge in [0.15, 0.2) is 0 Å². The molecule has 0 aliphatic heterocycles. The largest absolute Gasteiger partial charge is 0.412 e. The van der Waals surface area contributed by atoms with E-state index in [0.29, 0.717) is 0 Å². The second-order valence-corrected chi connectivity index (χ2v) is 5.03. The fourth-order valence-corrected chi connectivity index (χ4v) is 2.77. The predicted octanol–water partition coefficient (Wildman–Crippen LogP) is 0.0873. The van der Waals surface area contributed by atoms with Gasteiger partial charge >= 0.3 is 9.28 Å². The van der Waals surface area contributed by atoms with Gasteiger partial charge in [-0.05, 0) is 6.42 Å². The monoisotopic (exact) mass is 170 g/mol. The number of thiol groups is 1. The van der Waals surface area contributed by atoms with Crippen LogP contribution in [0.25, 0.3) is 0 Å². The lowest BCUT2D eigenvalue weighted by atomic mass is 10.6. The lowest BCUT2D eigenvalue weighted by Crippen LogP contribution is -2.26. The van der Waals surface area contributed by atoms with E-state index in [2.05, 4.69) is 11.7 Å². The minimum atomic E-state index is -2.40. The van der Waals surface area contributed by atoms with Crippen molar-refractivity contribution in [2.45, 2.75) is 18.2 Å². The minimum absolute atomic E-state index is 0.0154. The first-order chi connectivity index (χ1) is 3.72. The van der Waals surface area contributed by atoms with E-state index in [-0.39, 0.29) is 4.87 Å². The Morgan fingerprint density at radius 2 is 2.25 bits per heavy atom. The van der Waals surface area contributed by atoms with Crippen molar-refractivity contribution in [3.8, 4) is 0 Å². The zero-order chi connectivity index (χ0) is 6.57. The van der Waals surface area contributed by atoms with Gasteiger partial charge in [-0.25, -0.2) is 0 Å². The molecule has 0 rings (SSSR count). The third-order valence-electron chi connectivity index (χ3n) is 0.870. The topological polar surface area (TPSA) is 40.5 Å². The van der Waals surface area contributed by atoms with E-state index in [0.717, 1.165) is 6.42 Å². The smallest absolute Gasteiger partial charge is 0.330 e. The van der Waals surface area contributed by atoms with E-state index >= 15 is 0 Å². The molecule has 0 aromatic carbocycles. The predicted molar refractivity (Wildman–Crippen MR) is 42.2 cm³/mol. The molecule has 0 aliphatic carbocycles. The Morgan fingerprint density at radius 3 is 2.25 bits per heavy atom. The molecule has 1 unspecified atom stereocenters. The summed E-state index contributed by atoms with van der Waals surface area (Å²) >= 11 is 3.87. The SMILES string of the molecule is CCC(SS)[SiH](O)O. The average Bonchev–Trinajstić information content (AvgIpc) is 1.69. The highest BCUT2D eigenvalue weighted by Crippen LogP contribution is 2.18. The van der Waals surface area contributed by atoms with Crippen molar-refractivity contribution >= 4 is 31.7 Å². The molecule has 0 amide bonds. The lowest BCUT2D eigenvalue weighted by Gasteiger charge is -2.08. The van der Waals surface area contributed by atoms with E-state index in [1.165, 1.54) is 10.8 Å². The van der Waals surface area contributed by atoms with Crippen molar-refractivity contribution in [2.75, 3.05) is 0 Å². The average molecular weight is 170 g/mol. The van der Waals surface area contributed by atoms with Gasteiger partial charge in [0.1, 0.15) is 0 Å². The molecule has 0 fully saturated rings. The van der Waals surface area contributed by atoms with Crippen molar-refractivity contribution in [1.29, 1.82) is 0 Å². The summed E-state index contributed by atoms with van der Waals surface area (Å²) in [6.45, 7) is 1.92. The van der Waals surface area contributed by atoms with Gasteiger partial charge in [0.2, 0.25) is 0 Å². The highest BCUT2D eigenvalue weighted by Gasteiger charge is 2.15. The summed E-state index contributed by atoms with van der Waals surface area (Å²) in [7, 11) is -1.16. The van der Waals surface area contributed by atoms with Gasteiger partial charge in [-0.1, -0.05) is 17.7 Å². The van der Waals surface area contributed by atoms with Gasteiger partial charge in [-0.2, -0.15) is 0 Å². The van der Waals surface area contributed by atoms with Gasteiger partial charge in [0.05, 0.1) is 4.87 Å². The van der Waals surface area contributed by atoms with E-state index in [1.807, 2.05) is 6.92 Å². The molecule has 0 aromatic rings. The van der Waals surface area contributed by atoms with Crippen LogP contribution in [-0.4, -0.2) is 23.7 Å². The second-order valence-electron chi connectivity index (χ2n) is 1.47. The Labute approximate surface area is 60.0 Å². The van der Waals surface area contributed by atoms with Crippen LogP contribution < -0.4 is 0 Å². The summed E-state index contributed by atoms with van der Waals surface area (Å²) in [5.74, 6) is 0. The van der Waals surface area contributed by atoms with E-state index in [4.69, 9.17) is 9.59 Å². The zero-order valence-electron chi connectivity index (χ0n) is 4.61. The number of hydrogen-bond acceptors (Lipinski definition) is 4. The standard InChI is InChI=1S/C3H10O2S2Si/c1-2-3(7-6)8(4)5/h3-6,8H,2H2,1H3. The van der Waals surface area contributed by atoms with Crippen molar-refractivity contribution in [3.05, 3.63) is 0 Å². The van der Waals surface area contributed by atoms with Crippen LogP contribution in [-0.2, 0) is 0 Å². The molecular formula is C3H10O2S2Si. The molecule has 1 atom stereocenters. The molecule has 0 spiro atoms. The third-order valence-corrected chi connectivity index (χ3v) is 5.25. The lowest BCUT2D eigenvalue weighted by molar-refractivity contribution is 0.401. The Bertz CT molecular complexity index is 57.2. The van der Waals surface area contributed by atoms with Crippen LogP contribution >= 0.6 is 22.5 Å². The molecule has 2 nitrogen and oxygen atoms in total. The highest BCUT2D eigenvalue weighted by atomic mass is 33.1. The fraction of sp³-hybridized carbons (Fsp3) is 1.00. The Kier molecular flexibility index (Phi) is 5.18. The fourth-order valence-electron chi connectivity index (χ4n) is 0.340. The quantitative estimate of drug-likeness (QED) is 0.319.